The van der Waals surface area contributed by atoms with Gasteiger partial charge in [-0.15, -0.1) is 0 Å². The number of alkyl halides is 3. The lowest BCUT2D eigenvalue weighted by Gasteiger charge is -2.36. The second-order valence-corrected chi connectivity index (χ2v) is 5.61. The number of rotatable bonds is 4. The number of nitrogens with zero attached hydrogens (tertiary/aromatic N) is 2. The molecular formula is C14H22F3N3. The van der Waals surface area contributed by atoms with Crippen molar-refractivity contribution in [1.82, 2.24) is 15.1 Å². The molecular weight excluding hydrogens is 267 g/mol. The lowest BCUT2D eigenvalue weighted by Crippen LogP contribution is -2.40. The van der Waals surface area contributed by atoms with Gasteiger partial charge in [-0.25, -0.2) is 0 Å². The van der Waals surface area contributed by atoms with Gasteiger partial charge in [0.25, 0.3) is 0 Å². The van der Waals surface area contributed by atoms with E-state index in [1.165, 1.54) is 10.9 Å². The summed E-state index contributed by atoms with van der Waals surface area (Å²) in [6.07, 6.45) is 2.40. The predicted octanol–water partition coefficient (Wildman–Crippen LogP) is 3.63. The van der Waals surface area contributed by atoms with E-state index < -0.39 is 11.9 Å². The Balaban J connectivity index is 2.16. The van der Waals surface area contributed by atoms with Crippen LogP contribution in [0.1, 0.15) is 50.8 Å². The van der Waals surface area contributed by atoms with E-state index >= 15 is 0 Å². The molecule has 3 nitrogen and oxygen atoms in total. The Morgan fingerprint density at radius 2 is 2.15 bits per heavy atom. The normalized spacial score (nSPS) is 27.8. The van der Waals surface area contributed by atoms with Crippen LogP contribution in [-0.2, 0) is 6.18 Å². The van der Waals surface area contributed by atoms with E-state index in [0.717, 1.165) is 38.2 Å². The molecule has 0 radical (unpaired) electrons. The Bertz CT molecular complexity index is 428. The van der Waals surface area contributed by atoms with Crippen molar-refractivity contribution >= 4 is 0 Å². The molecule has 1 N–H and O–H groups in total. The van der Waals surface area contributed by atoms with Gasteiger partial charge in [-0.2, -0.15) is 18.3 Å². The summed E-state index contributed by atoms with van der Waals surface area (Å²) in [4.78, 5) is 0. The molecule has 1 aromatic rings. The highest BCUT2D eigenvalue weighted by molar-refractivity contribution is 5.05. The zero-order valence-electron chi connectivity index (χ0n) is 12.0. The highest BCUT2D eigenvalue weighted by Crippen LogP contribution is 2.36. The van der Waals surface area contributed by atoms with Crippen LogP contribution in [0.15, 0.2) is 12.3 Å². The van der Waals surface area contributed by atoms with Crippen LogP contribution in [0.2, 0.25) is 0 Å². The molecule has 0 saturated heterocycles. The molecule has 1 saturated carbocycles. The van der Waals surface area contributed by atoms with Crippen molar-refractivity contribution in [1.29, 1.82) is 0 Å². The van der Waals surface area contributed by atoms with Crippen LogP contribution in [0.25, 0.3) is 0 Å². The average molecular weight is 289 g/mol. The quantitative estimate of drug-likeness (QED) is 0.917. The van der Waals surface area contributed by atoms with Crippen molar-refractivity contribution in [3.63, 3.8) is 0 Å². The smallest absolute Gasteiger partial charge is 0.315 e. The van der Waals surface area contributed by atoms with Gasteiger partial charge >= 0.3 is 6.18 Å². The van der Waals surface area contributed by atoms with Crippen LogP contribution in [0.5, 0.6) is 0 Å². The van der Waals surface area contributed by atoms with Gasteiger partial charge in [0.2, 0.25) is 0 Å². The molecule has 0 amide bonds. The van der Waals surface area contributed by atoms with Crippen molar-refractivity contribution < 1.29 is 13.2 Å². The van der Waals surface area contributed by atoms with Crippen LogP contribution in [0.3, 0.4) is 0 Å². The van der Waals surface area contributed by atoms with Crippen molar-refractivity contribution in [3.8, 4) is 0 Å². The summed E-state index contributed by atoms with van der Waals surface area (Å²) in [7, 11) is 1.87. The minimum atomic E-state index is -4.36. The monoisotopic (exact) mass is 289 g/mol. The first-order valence-corrected chi connectivity index (χ1v) is 7.25. The highest BCUT2D eigenvalue weighted by Gasteiger charge is 2.36. The van der Waals surface area contributed by atoms with Gasteiger partial charge in [-0.05, 0) is 38.3 Å². The van der Waals surface area contributed by atoms with E-state index in [4.69, 9.17) is 0 Å². The molecule has 20 heavy (non-hydrogen) atoms. The third kappa shape index (κ3) is 3.34. The molecule has 3 unspecified atom stereocenters. The van der Waals surface area contributed by atoms with Gasteiger partial charge in [0.15, 0.2) is 5.69 Å². The fourth-order valence-electron chi connectivity index (χ4n) is 3.20. The summed E-state index contributed by atoms with van der Waals surface area (Å²) in [6.45, 7) is 2.15. The second kappa shape index (κ2) is 6.16. The third-order valence-corrected chi connectivity index (χ3v) is 4.23. The summed E-state index contributed by atoms with van der Waals surface area (Å²) >= 11 is 0. The first-order chi connectivity index (χ1) is 9.45. The maximum absolute atomic E-state index is 12.7. The average Bonchev–Trinajstić information content (AvgIpc) is 2.88. The standard InChI is InChI=1S/C14H22F3N3/c1-3-4-10-5-6-11(18-2)12(9-10)20-8-7-13(19-20)14(15,16)17/h7-8,10-12,18H,3-6,9H2,1-2H3. The number of nitrogens with one attached hydrogen (secondary N) is 1. The van der Waals surface area contributed by atoms with Gasteiger partial charge in [0, 0.05) is 12.2 Å². The lowest BCUT2D eigenvalue weighted by atomic mass is 9.80. The maximum atomic E-state index is 12.7. The number of aromatic nitrogens is 2. The third-order valence-electron chi connectivity index (χ3n) is 4.23. The number of hydrogen-bond donors (Lipinski definition) is 1. The molecule has 1 heterocycles. The molecule has 0 spiro atoms. The zero-order chi connectivity index (χ0) is 14.8. The fraction of sp³-hybridized carbons (Fsp3) is 0.786. The largest absolute Gasteiger partial charge is 0.435 e. The van der Waals surface area contributed by atoms with Crippen LogP contribution in [-0.4, -0.2) is 22.9 Å². The van der Waals surface area contributed by atoms with Gasteiger partial charge < -0.3 is 5.32 Å². The second-order valence-electron chi connectivity index (χ2n) is 5.61. The molecule has 1 aliphatic rings. The minimum absolute atomic E-state index is 0.0152. The topological polar surface area (TPSA) is 29.9 Å². The van der Waals surface area contributed by atoms with Gasteiger partial charge in [-0.3, -0.25) is 4.68 Å². The van der Waals surface area contributed by atoms with Crippen molar-refractivity contribution in [2.24, 2.45) is 5.92 Å². The predicted molar refractivity (Wildman–Crippen MR) is 71.4 cm³/mol. The molecule has 1 aromatic heterocycles. The fourth-order valence-corrected chi connectivity index (χ4v) is 3.20. The summed E-state index contributed by atoms with van der Waals surface area (Å²) in [5.41, 5.74) is -0.801. The Morgan fingerprint density at radius 3 is 2.70 bits per heavy atom. The Hall–Kier alpha value is -1.04. The molecule has 2 rings (SSSR count). The Morgan fingerprint density at radius 1 is 1.40 bits per heavy atom. The van der Waals surface area contributed by atoms with Crippen molar-refractivity contribution in [3.05, 3.63) is 18.0 Å². The summed E-state index contributed by atoms with van der Waals surface area (Å²) in [6, 6.07) is 1.28. The highest BCUT2D eigenvalue weighted by atomic mass is 19.4. The van der Waals surface area contributed by atoms with Crippen LogP contribution in [0, 0.1) is 5.92 Å². The Labute approximate surface area is 117 Å². The molecule has 6 heteroatoms. The minimum Gasteiger partial charge on any atom is -0.315 e. The molecule has 0 aliphatic heterocycles. The first-order valence-electron chi connectivity index (χ1n) is 7.25. The van der Waals surface area contributed by atoms with E-state index in [1.807, 2.05) is 7.05 Å². The maximum Gasteiger partial charge on any atom is 0.435 e. The molecule has 3 atom stereocenters. The summed E-state index contributed by atoms with van der Waals surface area (Å²) < 4.78 is 39.5. The van der Waals surface area contributed by atoms with Crippen molar-refractivity contribution in [2.75, 3.05) is 7.05 Å². The van der Waals surface area contributed by atoms with Crippen LogP contribution >= 0.6 is 0 Å². The summed E-state index contributed by atoms with van der Waals surface area (Å²) in [5, 5.41) is 6.97. The van der Waals surface area contributed by atoms with E-state index in [-0.39, 0.29) is 12.1 Å². The van der Waals surface area contributed by atoms with Crippen molar-refractivity contribution in [2.45, 2.75) is 57.3 Å². The Kier molecular flexibility index (Phi) is 4.73. The van der Waals surface area contributed by atoms with Gasteiger partial charge in [0.1, 0.15) is 0 Å². The van der Waals surface area contributed by atoms with E-state index in [2.05, 4.69) is 17.3 Å². The molecule has 114 valence electrons. The number of halogens is 3. The van der Waals surface area contributed by atoms with Crippen LogP contribution < -0.4 is 5.32 Å². The summed E-state index contributed by atoms with van der Waals surface area (Å²) in [5.74, 6) is 0.591. The van der Waals surface area contributed by atoms with Gasteiger partial charge in [-0.1, -0.05) is 19.8 Å². The molecule has 0 bridgehead atoms. The van der Waals surface area contributed by atoms with E-state index in [1.54, 1.807) is 0 Å². The van der Waals surface area contributed by atoms with E-state index in [0.29, 0.717) is 5.92 Å². The molecule has 1 aliphatic carbocycles. The molecule has 1 fully saturated rings. The SMILES string of the molecule is CCCC1CCC(NC)C(n2ccc(C(F)(F)F)n2)C1. The lowest BCUT2D eigenvalue weighted by molar-refractivity contribution is -0.141. The molecule has 0 aromatic carbocycles. The number of hydrogen-bond acceptors (Lipinski definition) is 2. The zero-order valence-corrected chi connectivity index (χ0v) is 12.0. The number of likely N-dealkylation sites (N-methyl/N-ethyl adjacent to an activating group) is 1. The van der Waals surface area contributed by atoms with E-state index in [9.17, 15) is 13.2 Å². The van der Waals surface area contributed by atoms with Gasteiger partial charge in [0.05, 0.1) is 6.04 Å². The van der Waals surface area contributed by atoms with Crippen LogP contribution in [0.4, 0.5) is 13.2 Å². The first kappa shape index (κ1) is 15.4.